The SMILES string of the molecule is CSc1nccc(N2CC3CC(C2)N3c2ncnc3c2ncn3C)n1. The molecule has 0 N–H and O–H groups in total. The first-order valence-corrected chi connectivity index (χ1v) is 9.49. The fraction of sp³-hybridized carbons (Fsp3) is 0.438. The Bertz CT molecular complexity index is 929. The van der Waals surface area contributed by atoms with E-state index in [9.17, 15) is 0 Å². The van der Waals surface area contributed by atoms with E-state index in [1.807, 2.05) is 30.1 Å². The zero-order valence-electron chi connectivity index (χ0n) is 14.1. The summed E-state index contributed by atoms with van der Waals surface area (Å²) in [5, 5.41) is 0.819. The molecule has 6 rings (SSSR count). The minimum Gasteiger partial charge on any atom is -0.352 e. The quantitative estimate of drug-likeness (QED) is 0.515. The molecule has 3 aromatic rings. The van der Waals surface area contributed by atoms with E-state index >= 15 is 0 Å². The molecule has 0 aliphatic carbocycles. The summed E-state index contributed by atoms with van der Waals surface area (Å²) in [5.74, 6) is 1.97. The number of hydrogen-bond donors (Lipinski definition) is 0. The number of hydrogen-bond acceptors (Lipinski definition) is 8. The van der Waals surface area contributed by atoms with E-state index in [0.29, 0.717) is 12.1 Å². The average Bonchev–Trinajstić information content (AvgIpc) is 3.04. The summed E-state index contributed by atoms with van der Waals surface area (Å²) in [4.78, 5) is 27.1. The van der Waals surface area contributed by atoms with E-state index in [0.717, 1.165) is 41.0 Å². The van der Waals surface area contributed by atoms with Crippen molar-refractivity contribution in [2.45, 2.75) is 23.7 Å². The van der Waals surface area contributed by atoms with Gasteiger partial charge in [0, 0.05) is 26.3 Å². The summed E-state index contributed by atoms with van der Waals surface area (Å²) in [6.07, 6.45) is 8.47. The maximum absolute atomic E-state index is 4.64. The topological polar surface area (TPSA) is 75.9 Å². The summed E-state index contributed by atoms with van der Waals surface area (Å²) in [6.45, 7) is 1.89. The van der Waals surface area contributed by atoms with Gasteiger partial charge in [0.1, 0.15) is 12.1 Å². The van der Waals surface area contributed by atoms with Gasteiger partial charge in [-0.3, -0.25) is 0 Å². The number of aromatic nitrogens is 6. The molecule has 2 unspecified atom stereocenters. The van der Waals surface area contributed by atoms with E-state index in [4.69, 9.17) is 0 Å². The number of nitrogens with zero attached hydrogens (tertiary/aromatic N) is 8. The van der Waals surface area contributed by atoms with Crippen LogP contribution in [-0.2, 0) is 7.05 Å². The van der Waals surface area contributed by atoms with Crippen molar-refractivity contribution in [2.75, 3.05) is 29.1 Å². The van der Waals surface area contributed by atoms with Crippen molar-refractivity contribution in [2.24, 2.45) is 7.05 Å². The number of rotatable bonds is 3. The summed E-state index contributed by atoms with van der Waals surface area (Å²) in [7, 11) is 1.96. The molecule has 0 spiro atoms. The second-order valence-corrected chi connectivity index (χ2v) is 7.26. The molecule has 2 bridgehead atoms. The first-order chi connectivity index (χ1) is 12.2. The molecule has 6 heterocycles. The van der Waals surface area contributed by atoms with Crippen molar-refractivity contribution in [3.05, 3.63) is 24.9 Å². The molecule has 9 heteroatoms. The van der Waals surface area contributed by atoms with Crippen LogP contribution in [0.3, 0.4) is 0 Å². The zero-order chi connectivity index (χ0) is 17.0. The first kappa shape index (κ1) is 14.9. The Balaban J connectivity index is 1.43. The Morgan fingerprint density at radius 1 is 1.12 bits per heavy atom. The van der Waals surface area contributed by atoms with Crippen LogP contribution in [0.2, 0.25) is 0 Å². The molecule has 25 heavy (non-hydrogen) atoms. The summed E-state index contributed by atoms with van der Waals surface area (Å²) < 4.78 is 1.94. The van der Waals surface area contributed by atoms with Crippen molar-refractivity contribution in [1.82, 2.24) is 29.5 Å². The molecular weight excluding hydrogens is 336 g/mol. The van der Waals surface area contributed by atoms with Crippen LogP contribution in [0, 0.1) is 0 Å². The molecule has 128 valence electrons. The van der Waals surface area contributed by atoms with Crippen molar-refractivity contribution in [1.29, 1.82) is 0 Å². The molecular formula is C16H18N8S. The lowest BCUT2D eigenvalue weighted by molar-refractivity contribution is 0.288. The lowest BCUT2D eigenvalue weighted by Crippen LogP contribution is -2.69. The highest BCUT2D eigenvalue weighted by Gasteiger charge is 2.46. The van der Waals surface area contributed by atoms with Gasteiger partial charge >= 0.3 is 0 Å². The Labute approximate surface area is 149 Å². The van der Waals surface area contributed by atoms with E-state index < -0.39 is 0 Å². The highest BCUT2D eigenvalue weighted by atomic mass is 32.2. The molecule has 3 saturated heterocycles. The molecule has 3 fully saturated rings. The van der Waals surface area contributed by atoms with Crippen LogP contribution in [-0.4, -0.2) is 60.9 Å². The molecule has 3 aliphatic rings. The highest BCUT2D eigenvalue weighted by Crippen LogP contribution is 2.39. The monoisotopic (exact) mass is 354 g/mol. The molecule has 0 saturated carbocycles. The van der Waals surface area contributed by atoms with Crippen LogP contribution in [0.25, 0.3) is 11.2 Å². The van der Waals surface area contributed by atoms with Crippen molar-refractivity contribution >= 4 is 34.6 Å². The Morgan fingerprint density at radius 2 is 1.96 bits per heavy atom. The zero-order valence-corrected chi connectivity index (χ0v) is 14.9. The largest absolute Gasteiger partial charge is 0.352 e. The number of fused-ring (bicyclic) bond motifs is 3. The fourth-order valence-electron chi connectivity index (χ4n) is 3.87. The van der Waals surface area contributed by atoms with E-state index in [2.05, 4.69) is 34.7 Å². The number of piperidine rings is 1. The average molecular weight is 354 g/mol. The maximum Gasteiger partial charge on any atom is 0.189 e. The smallest absolute Gasteiger partial charge is 0.189 e. The van der Waals surface area contributed by atoms with Gasteiger partial charge in [-0.2, -0.15) is 0 Å². The maximum atomic E-state index is 4.64. The van der Waals surface area contributed by atoms with Gasteiger partial charge in [-0.15, -0.1) is 0 Å². The lowest BCUT2D eigenvalue weighted by atomic mass is 9.87. The van der Waals surface area contributed by atoms with E-state index in [-0.39, 0.29) is 0 Å². The van der Waals surface area contributed by atoms with Crippen molar-refractivity contribution in [3.63, 3.8) is 0 Å². The predicted octanol–water partition coefficient (Wildman–Crippen LogP) is 1.34. The van der Waals surface area contributed by atoms with Gasteiger partial charge in [-0.1, -0.05) is 11.8 Å². The van der Waals surface area contributed by atoms with E-state index in [1.165, 1.54) is 6.42 Å². The van der Waals surface area contributed by atoms with Crippen molar-refractivity contribution in [3.8, 4) is 0 Å². The third kappa shape index (κ3) is 2.25. The van der Waals surface area contributed by atoms with Crippen LogP contribution in [0.1, 0.15) is 6.42 Å². The second-order valence-electron chi connectivity index (χ2n) is 6.48. The van der Waals surface area contributed by atoms with Gasteiger partial charge in [0.25, 0.3) is 0 Å². The number of aryl methyl sites for hydroxylation is 1. The van der Waals surface area contributed by atoms with Gasteiger partial charge in [0.2, 0.25) is 0 Å². The lowest BCUT2D eigenvalue weighted by Gasteiger charge is -2.57. The van der Waals surface area contributed by atoms with Crippen LogP contribution >= 0.6 is 11.8 Å². The van der Waals surface area contributed by atoms with Crippen LogP contribution in [0.5, 0.6) is 0 Å². The highest BCUT2D eigenvalue weighted by molar-refractivity contribution is 7.98. The number of piperazine rings is 1. The third-order valence-corrected chi connectivity index (χ3v) is 5.60. The molecule has 0 radical (unpaired) electrons. The molecule has 8 nitrogen and oxygen atoms in total. The van der Waals surface area contributed by atoms with Gasteiger partial charge in [0.15, 0.2) is 22.1 Å². The van der Waals surface area contributed by atoms with Gasteiger partial charge in [-0.25, -0.2) is 24.9 Å². The summed E-state index contributed by atoms with van der Waals surface area (Å²) in [5.41, 5.74) is 1.77. The summed E-state index contributed by atoms with van der Waals surface area (Å²) in [6, 6.07) is 2.87. The van der Waals surface area contributed by atoms with Crippen LogP contribution in [0.4, 0.5) is 11.6 Å². The van der Waals surface area contributed by atoms with Crippen molar-refractivity contribution < 1.29 is 0 Å². The van der Waals surface area contributed by atoms with Crippen LogP contribution in [0.15, 0.2) is 30.1 Å². The minimum absolute atomic E-state index is 0.437. The molecule has 0 aromatic carbocycles. The molecule has 2 atom stereocenters. The number of thioether (sulfide) groups is 1. The Kier molecular flexibility index (Phi) is 3.30. The fourth-order valence-corrected chi connectivity index (χ4v) is 4.22. The molecule has 3 aromatic heterocycles. The van der Waals surface area contributed by atoms with Gasteiger partial charge < -0.3 is 14.4 Å². The molecule has 3 aliphatic heterocycles. The van der Waals surface area contributed by atoms with E-state index in [1.54, 1.807) is 24.4 Å². The summed E-state index contributed by atoms with van der Waals surface area (Å²) >= 11 is 1.57. The van der Waals surface area contributed by atoms with Gasteiger partial charge in [0.05, 0.1) is 18.4 Å². The number of imidazole rings is 1. The Morgan fingerprint density at radius 3 is 2.76 bits per heavy atom. The Hall–Kier alpha value is -2.42. The van der Waals surface area contributed by atoms with Gasteiger partial charge in [-0.05, 0) is 18.7 Å². The minimum atomic E-state index is 0.437. The molecule has 0 amide bonds. The third-order valence-electron chi connectivity index (χ3n) is 5.04. The standard InChI is InChI=1S/C16H18N8S/c1-22-9-20-13-14(22)18-8-19-15(13)24-10-5-11(24)7-23(6-10)12-3-4-17-16(21-12)25-2/h3-4,8-11H,5-7H2,1-2H3. The predicted molar refractivity (Wildman–Crippen MR) is 97.0 cm³/mol. The normalized spacial score (nSPS) is 22.3. The first-order valence-electron chi connectivity index (χ1n) is 8.27. The number of anilines is 2. The second kappa shape index (κ2) is 5.55. The van der Waals surface area contributed by atoms with Crippen LogP contribution < -0.4 is 9.80 Å².